The second-order valence-electron chi connectivity index (χ2n) is 9.18. The molecule has 0 bridgehead atoms. The number of anilines is 1. The molecule has 0 unspecified atom stereocenters. The van der Waals surface area contributed by atoms with Crippen molar-refractivity contribution in [1.82, 2.24) is 29.1 Å². The van der Waals surface area contributed by atoms with E-state index in [4.69, 9.17) is 4.98 Å². The highest BCUT2D eigenvalue weighted by Crippen LogP contribution is 2.32. The molecule has 35 heavy (non-hydrogen) atoms. The first kappa shape index (κ1) is 22.9. The van der Waals surface area contributed by atoms with Crippen LogP contribution in [0.3, 0.4) is 0 Å². The monoisotopic (exact) mass is 473 g/mol. The Bertz CT molecular complexity index is 1340. The van der Waals surface area contributed by atoms with Crippen LogP contribution >= 0.6 is 0 Å². The molecule has 0 saturated heterocycles. The maximum atomic E-state index is 13.5. The Morgan fingerprint density at radius 1 is 0.971 bits per heavy atom. The summed E-state index contributed by atoms with van der Waals surface area (Å²) in [5, 5.41) is 3.47. The molecule has 1 aliphatic carbocycles. The van der Waals surface area contributed by atoms with Gasteiger partial charge in [-0.25, -0.2) is 29.1 Å². The van der Waals surface area contributed by atoms with Crippen LogP contribution in [0.25, 0.3) is 17.1 Å². The standard InChI is InChI=1S/C26H28FN7O/c1-17(2)33-16-23(34(26(33)35)21-10-6-19(27)7-11-21)22-12-15-30-25(32-22)31-20-8-4-18(5-9-20)24-28-13-3-14-29-24/h3,6-7,10-18,20H,4-5,8-9H2,1-2H3,(H,30,31,32). The highest BCUT2D eigenvalue weighted by atomic mass is 19.1. The lowest BCUT2D eigenvalue weighted by molar-refractivity contribution is 0.399. The van der Waals surface area contributed by atoms with Crippen LogP contribution in [-0.4, -0.2) is 35.1 Å². The molecule has 0 atom stereocenters. The van der Waals surface area contributed by atoms with Crippen LogP contribution in [0.15, 0.2) is 66.0 Å². The van der Waals surface area contributed by atoms with E-state index >= 15 is 0 Å². The summed E-state index contributed by atoms with van der Waals surface area (Å²) in [5.41, 5.74) is 1.64. The SMILES string of the molecule is CC(C)n1cc(-c2ccnc(NC3CCC(c4ncccn4)CC3)n2)n(-c2ccc(F)cc2)c1=O. The summed E-state index contributed by atoms with van der Waals surface area (Å²) in [5.74, 6) is 1.46. The van der Waals surface area contributed by atoms with Crippen LogP contribution < -0.4 is 11.0 Å². The van der Waals surface area contributed by atoms with E-state index in [0.717, 1.165) is 31.5 Å². The molecule has 1 aliphatic rings. The zero-order valence-corrected chi connectivity index (χ0v) is 19.8. The van der Waals surface area contributed by atoms with E-state index in [1.165, 1.54) is 12.1 Å². The minimum Gasteiger partial charge on any atom is -0.351 e. The van der Waals surface area contributed by atoms with Crippen LogP contribution in [0.4, 0.5) is 10.3 Å². The minimum atomic E-state index is -0.353. The average molecular weight is 474 g/mol. The lowest BCUT2D eigenvalue weighted by Crippen LogP contribution is -2.27. The third-order valence-corrected chi connectivity index (χ3v) is 6.48. The van der Waals surface area contributed by atoms with E-state index in [-0.39, 0.29) is 23.6 Å². The lowest BCUT2D eigenvalue weighted by Gasteiger charge is -2.28. The van der Waals surface area contributed by atoms with Crippen molar-refractivity contribution >= 4 is 5.95 Å². The molecule has 9 heteroatoms. The van der Waals surface area contributed by atoms with Crippen LogP contribution in [0.1, 0.15) is 57.3 Å². The number of hydrogen-bond donors (Lipinski definition) is 1. The van der Waals surface area contributed by atoms with Gasteiger partial charge in [-0.2, -0.15) is 0 Å². The minimum absolute atomic E-state index is 0.0360. The van der Waals surface area contributed by atoms with Gasteiger partial charge in [0.1, 0.15) is 11.6 Å². The van der Waals surface area contributed by atoms with Crippen molar-refractivity contribution < 1.29 is 4.39 Å². The van der Waals surface area contributed by atoms with Gasteiger partial charge in [-0.05, 0) is 75.9 Å². The van der Waals surface area contributed by atoms with Crippen molar-refractivity contribution in [2.24, 2.45) is 0 Å². The highest BCUT2D eigenvalue weighted by Gasteiger charge is 2.25. The fourth-order valence-corrected chi connectivity index (χ4v) is 4.62. The van der Waals surface area contributed by atoms with Gasteiger partial charge in [0.05, 0.1) is 17.1 Å². The van der Waals surface area contributed by atoms with Gasteiger partial charge in [0.25, 0.3) is 0 Å². The molecule has 0 amide bonds. The van der Waals surface area contributed by atoms with Gasteiger partial charge in [-0.3, -0.25) is 9.13 Å². The molecule has 8 nitrogen and oxygen atoms in total. The summed E-state index contributed by atoms with van der Waals surface area (Å²) in [6.07, 6.45) is 11.0. The predicted octanol–water partition coefficient (Wildman–Crippen LogP) is 4.74. The van der Waals surface area contributed by atoms with Crippen molar-refractivity contribution in [2.75, 3.05) is 5.32 Å². The molecular formula is C26H28FN7O. The zero-order valence-electron chi connectivity index (χ0n) is 19.8. The number of rotatable bonds is 6. The third-order valence-electron chi connectivity index (χ3n) is 6.48. The van der Waals surface area contributed by atoms with Crippen molar-refractivity contribution in [3.05, 3.63) is 83.3 Å². The molecule has 1 aromatic carbocycles. The maximum absolute atomic E-state index is 13.5. The van der Waals surface area contributed by atoms with Crippen molar-refractivity contribution in [3.63, 3.8) is 0 Å². The zero-order chi connectivity index (χ0) is 24.4. The molecule has 1 fully saturated rings. The molecule has 0 aliphatic heterocycles. The first-order valence-electron chi connectivity index (χ1n) is 12.0. The summed E-state index contributed by atoms with van der Waals surface area (Å²) in [6.45, 7) is 3.90. The van der Waals surface area contributed by atoms with Gasteiger partial charge in [0, 0.05) is 42.8 Å². The number of nitrogens with one attached hydrogen (secondary N) is 1. The van der Waals surface area contributed by atoms with E-state index in [2.05, 4.69) is 20.3 Å². The Balaban J connectivity index is 1.39. The Labute approximate surface area is 202 Å². The normalized spacial score (nSPS) is 18.1. The van der Waals surface area contributed by atoms with E-state index in [1.54, 1.807) is 52.1 Å². The molecule has 1 N–H and O–H groups in total. The lowest BCUT2D eigenvalue weighted by atomic mass is 9.85. The molecule has 1 saturated carbocycles. The van der Waals surface area contributed by atoms with E-state index in [0.29, 0.717) is 28.9 Å². The van der Waals surface area contributed by atoms with Crippen LogP contribution in [0.2, 0.25) is 0 Å². The molecule has 5 rings (SSSR count). The summed E-state index contributed by atoms with van der Waals surface area (Å²) in [6, 6.07) is 9.74. The number of aromatic nitrogens is 6. The van der Waals surface area contributed by atoms with E-state index in [1.807, 2.05) is 19.9 Å². The van der Waals surface area contributed by atoms with Crippen molar-refractivity contribution in [1.29, 1.82) is 0 Å². The number of hydrogen-bond acceptors (Lipinski definition) is 6. The predicted molar refractivity (Wildman–Crippen MR) is 132 cm³/mol. The third kappa shape index (κ3) is 4.84. The Hall–Kier alpha value is -3.88. The average Bonchev–Trinajstić information content (AvgIpc) is 3.23. The second-order valence-corrected chi connectivity index (χ2v) is 9.18. The molecule has 0 radical (unpaired) electrons. The Kier molecular flexibility index (Phi) is 6.39. The van der Waals surface area contributed by atoms with Gasteiger partial charge in [-0.15, -0.1) is 0 Å². The van der Waals surface area contributed by atoms with Crippen molar-refractivity contribution in [3.8, 4) is 17.1 Å². The largest absolute Gasteiger partial charge is 0.351 e. The van der Waals surface area contributed by atoms with E-state index < -0.39 is 0 Å². The van der Waals surface area contributed by atoms with Gasteiger partial charge < -0.3 is 5.32 Å². The van der Waals surface area contributed by atoms with Crippen LogP contribution in [-0.2, 0) is 0 Å². The fraction of sp³-hybridized carbons (Fsp3) is 0.346. The fourth-order valence-electron chi connectivity index (χ4n) is 4.62. The van der Waals surface area contributed by atoms with Crippen molar-refractivity contribution in [2.45, 2.75) is 57.5 Å². The smallest absolute Gasteiger partial charge is 0.333 e. The number of halogens is 1. The molecule has 4 aromatic rings. The summed E-state index contributed by atoms with van der Waals surface area (Å²) >= 11 is 0. The first-order chi connectivity index (χ1) is 17.0. The highest BCUT2D eigenvalue weighted by molar-refractivity contribution is 5.59. The number of nitrogens with zero attached hydrogens (tertiary/aromatic N) is 6. The summed E-state index contributed by atoms with van der Waals surface area (Å²) in [7, 11) is 0. The molecule has 0 spiro atoms. The first-order valence-corrected chi connectivity index (χ1v) is 12.0. The summed E-state index contributed by atoms with van der Waals surface area (Å²) < 4.78 is 16.7. The maximum Gasteiger partial charge on any atom is 0.333 e. The van der Waals surface area contributed by atoms with Gasteiger partial charge in [-0.1, -0.05) is 0 Å². The number of benzene rings is 1. The Morgan fingerprint density at radius 3 is 2.37 bits per heavy atom. The molecular weight excluding hydrogens is 445 g/mol. The van der Waals surface area contributed by atoms with Gasteiger partial charge in [0.15, 0.2) is 0 Å². The van der Waals surface area contributed by atoms with Crippen LogP contribution in [0, 0.1) is 5.82 Å². The number of imidazole rings is 1. The Morgan fingerprint density at radius 2 is 1.69 bits per heavy atom. The molecule has 3 aromatic heterocycles. The van der Waals surface area contributed by atoms with Gasteiger partial charge in [0.2, 0.25) is 5.95 Å². The quantitative estimate of drug-likeness (QED) is 0.435. The van der Waals surface area contributed by atoms with Gasteiger partial charge >= 0.3 is 5.69 Å². The second kappa shape index (κ2) is 9.77. The summed E-state index contributed by atoms with van der Waals surface area (Å²) in [4.78, 5) is 31.2. The molecule has 180 valence electrons. The van der Waals surface area contributed by atoms with E-state index in [9.17, 15) is 9.18 Å². The topological polar surface area (TPSA) is 90.5 Å². The molecule has 3 heterocycles. The van der Waals surface area contributed by atoms with Crippen LogP contribution in [0.5, 0.6) is 0 Å².